The van der Waals surface area contributed by atoms with E-state index in [9.17, 15) is 9.90 Å². The van der Waals surface area contributed by atoms with Gasteiger partial charge in [-0.15, -0.1) is 0 Å². The summed E-state index contributed by atoms with van der Waals surface area (Å²) >= 11 is 0. The van der Waals surface area contributed by atoms with Crippen LogP contribution in [0.3, 0.4) is 0 Å². The van der Waals surface area contributed by atoms with Gasteiger partial charge in [0.05, 0.1) is 18.7 Å². The van der Waals surface area contributed by atoms with Gasteiger partial charge in [-0.25, -0.2) is 9.67 Å². The molecule has 2 rings (SSSR count). The number of primary amides is 1. The Morgan fingerprint density at radius 2 is 1.96 bits per heavy atom. The molecule has 1 atom stereocenters. The highest BCUT2D eigenvalue weighted by atomic mass is 16.3. The number of nitrogens with zero attached hydrogens (tertiary/aromatic N) is 4. The first-order valence-corrected chi connectivity index (χ1v) is 9.84. The van der Waals surface area contributed by atoms with Crippen LogP contribution in [-0.2, 0) is 22.6 Å². The topological polar surface area (TPSA) is 135 Å². The van der Waals surface area contributed by atoms with Crippen LogP contribution < -0.4 is 5.73 Å². The van der Waals surface area contributed by atoms with E-state index < -0.39 is 5.60 Å². The number of amides is 1. The Morgan fingerprint density at radius 1 is 1.39 bits per heavy atom. The Morgan fingerprint density at radius 3 is 2.43 bits per heavy atom. The van der Waals surface area contributed by atoms with Crippen molar-refractivity contribution in [1.29, 1.82) is 0 Å². The summed E-state index contributed by atoms with van der Waals surface area (Å²) in [6, 6.07) is 0. The number of aliphatic hydroxyl groups is 1. The second-order valence-electron chi connectivity index (χ2n) is 8.20. The van der Waals surface area contributed by atoms with E-state index in [0.29, 0.717) is 24.9 Å². The Hall–Kier alpha value is -2.00. The predicted octanol–water partition coefficient (Wildman–Crippen LogP) is 1.00. The molecule has 0 saturated carbocycles. The van der Waals surface area contributed by atoms with Gasteiger partial charge in [0.2, 0.25) is 5.91 Å². The Bertz CT molecular complexity index is 618. The van der Waals surface area contributed by atoms with E-state index in [1.54, 1.807) is 13.8 Å². The minimum Gasteiger partial charge on any atom is -0.483 e. The molecule has 9 heteroatoms. The van der Waals surface area contributed by atoms with Crippen LogP contribution >= 0.6 is 0 Å². The van der Waals surface area contributed by atoms with Gasteiger partial charge in [0.25, 0.3) is 6.47 Å². The highest BCUT2D eigenvalue weighted by Gasteiger charge is 2.28. The lowest BCUT2D eigenvalue weighted by atomic mass is 9.95. The molecule has 1 aromatic heterocycles. The van der Waals surface area contributed by atoms with E-state index in [-0.39, 0.29) is 12.4 Å². The van der Waals surface area contributed by atoms with E-state index in [4.69, 9.17) is 20.6 Å². The van der Waals surface area contributed by atoms with E-state index >= 15 is 0 Å². The number of aromatic nitrogens is 3. The molecule has 2 heterocycles. The van der Waals surface area contributed by atoms with Crippen LogP contribution in [0.15, 0.2) is 0 Å². The molecule has 1 unspecified atom stereocenters. The van der Waals surface area contributed by atoms with Crippen molar-refractivity contribution in [3.8, 4) is 0 Å². The summed E-state index contributed by atoms with van der Waals surface area (Å²) in [5.41, 5.74) is 4.46. The maximum absolute atomic E-state index is 11.1. The number of rotatable bonds is 8. The van der Waals surface area contributed by atoms with Gasteiger partial charge in [0.1, 0.15) is 5.82 Å². The summed E-state index contributed by atoms with van der Waals surface area (Å²) in [5.74, 6) is 2.42. The van der Waals surface area contributed by atoms with Crippen LogP contribution in [0.2, 0.25) is 0 Å². The first kappa shape index (κ1) is 24.0. The number of carbonyl (C=O) groups is 2. The lowest BCUT2D eigenvalue weighted by molar-refractivity contribution is -0.123. The van der Waals surface area contributed by atoms with Crippen molar-refractivity contribution in [3.63, 3.8) is 0 Å². The van der Waals surface area contributed by atoms with Crippen molar-refractivity contribution < 1.29 is 19.8 Å². The lowest BCUT2D eigenvalue weighted by Crippen LogP contribution is -2.39. The quantitative estimate of drug-likeness (QED) is 0.557. The second kappa shape index (κ2) is 11.1. The zero-order valence-corrected chi connectivity index (χ0v) is 17.5. The Kier molecular flexibility index (Phi) is 9.54. The molecule has 28 heavy (non-hydrogen) atoms. The number of piperidine rings is 1. The van der Waals surface area contributed by atoms with E-state index in [0.717, 1.165) is 50.4 Å². The van der Waals surface area contributed by atoms with Crippen LogP contribution in [0, 0.1) is 5.92 Å². The summed E-state index contributed by atoms with van der Waals surface area (Å²) < 4.78 is 1.89. The normalized spacial score (nSPS) is 16.9. The van der Waals surface area contributed by atoms with Gasteiger partial charge in [-0.2, -0.15) is 5.10 Å². The van der Waals surface area contributed by atoms with Gasteiger partial charge < -0.3 is 15.9 Å². The molecule has 160 valence electrons. The minimum absolute atomic E-state index is 0.250. The van der Waals surface area contributed by atoms with Crippen molar-refractivity contribution in [2.75, 3.05) is 19.6 Å². The zero-order valence-electron chi connectivity index (χ0n) is 17.5. The monoisotopic (exact) mass is 397 g/mol. The standard InChI is InChI=1S/C18H33N5O2.CH2O2/c1-5-13(2)10-16-20-17(23(21-16)12-18(3,4)25)14-6-8-22(9-7-14)11-15(19)24;2-1-3/h13-14,25H,5-12H2,1-4H3,(H2,19,24);1H,(H,2,3). The lowest BCUT2D eigenvalue weighted by Gasteiger charge is -2.31. The largest absolute Gasteiger partial charge is 0.483 e. The number of carbonyl (C=O) groups excluding carboxylic acids is 1. The summed E-state index contributed by atoms with van der Waals surface area (Å²) in [5, 5.41) is 21.8. The molecule has 0 bridgehead atoms. The molecule has 1 aliphatic heterocycles. The van der Waals surface area contributed by atoms with Gasteiger partial charge in [-0.1, -0.05) is 20.3 Å². The van der Waals surface area contributed by atoms with Gasteiger partial charge in [-0.05, 0) is 45.7 Å². The SMILES string of the molecule is CCC(C)Cc1nc(C2CCN(CC(N)=O)CC2)n(CC(C)(C)O)n1.O=CO. The summed E-state index contributed by atoms with van der Waals surface area (Å²) in [4.78, 5) is 26.4. The molecule has 1 saturated heterocycles. The second-order valence-corrected chi connectivity index (χ2v) is 8.20. The molecular weight excluding hydrogens is 362 g/mol. The van der Waals surface area contributed by atoms with Gasteiger partial charge in [0, 0.05) is 12.3 Å². The highest BCUT2D eigenvalue weighted by Crippen LogP contribution is 2.28. The fraction of sp³-hybridized carbons (Fsp3) is 0.789. The van der Waals surface area contributed by atoms with Gasteiger partial charge >= 0.3 is 0 Å². The first-order valence-electron chi connectivity index (χ1n) is 9.84. The number of hydrogen-bond donors (Lipinski definition) is 3. The third-order valence-electron chi connectivity index (χ3n) is 4.84. The number of likely N-dealkylation sites (tertiary alicyclic amines) is 1. The average molecular weight is 398 g/mol. The molecule has 1 aliphatic rings. The van der Waals surface area contributed by atoms with Crippen LogP contribution in [0.25, 0.3) is 0 Å². The smallest absolute Gasteiger partial charge is 0.290 e. The minimum atomic E-state index is -0.831. The maximum atomic E-state index is 11.1. The summed E-state index contributed by atoms with van der Waals surface area (Å²) in [6.45, 7) is 10.2. The fourth-order valence-corrected chi connectivity index (χ4v) is 3.30. The van der Waals surface area contributed by atoms with Crippen LogP contribution in [-0.4, -0.2) is 67.5 Å². The first-order chi connectivity index (χ1) is 13.1. The van der Waals surface area contributed by atoms with Crippen molar-refractivity contribution in [3.05, 3.63) is 11.6 Å². The molecule has 0 aromatic carbocycles. The number of hydrogen-bond acceptors (Lipinski definition) is 6. The van der Waals surface area contributed by atoms with Crippen LogP contribution in [0.5, 0.6) is 0 Å². The van der Waals surface area contributed by atoms with E-state index in [1.807, 2.05) is 4.68 Å². The van der Waals surface area contributed by atoms with Crippen molar-refractivity contribution in [2.45, 2.75) is 71.4 Å². The maximum Gasteiger partial charge on any atom is 0.290 e. The number of carboxylic acid groups (broad SMARTS) is 1. The van der Waals surface area contributed by atoms with Crippen molar-refractivity contribution in [2.24, 2.45) is 11.7 Å². The molecule has 0 radical (unpaired) electrons. The predicted molar refractivity (Wildman–Crippen MR) is 106 cm³/mol. The molecule has 1 fully saturated rings. The molecule has 0 aliphatic carbocycles. The van der Waals surface area contributed by atoms with Gasteiger partial charge in [-0.3, -0.25) is 14.5 Å². The Balaban J connectivity index is 0.00000122. The zero-order chi connectivity index (χ0) is 21.3. The third-order valence-corrected chi connectivity index (χ3v) is 4.84. The average Bonchev–Trinajstić information content (AvgIpc) is 2.96. The third kappa shape index (κ3) is 8.35. The van der Waals surface area contributed by atoms with Crippen molar-refractivity contribution >= 4 is 12.4 Å². The van der Waals surface area contributed by atoms with Crippen molar-refractivity contribution in [1.82, 2.24) is 19.7 Å². The van der Waals surface area contributed by atoms with E-state index in [1.165, 1.54) is 0 Å². The molecule has 0 spiro atoms. The molecule has 4 N–H and O–H groups in total. The highest BCUT2D eigenvalue weighted by molar-refractivity contribution is 5.75. The summed E-state index contributed by atoms with van der Waals surface area (Å²) in [7, 11) is 0. The van der Waals surface area contributed by atoms with Crippen LogP contribution in [0.4, 0.5) is 0 Å². The Labute approximate surface area is 166 Å². The molecular formula is C19H35N5O4. The van der Waals surface area contributed by atoms with Gasteiger partial charge in [0.15, 0.2) is 5.82 Å². The fourth-order valence-electron chi connectivity index (χ4n) is 3.30. The molecule has 1 aromatic rings. The summed E-state index contributed by atoms with van der Waals surface area (Å²) in [6.07, 6.45) is 3.82. The molecule has 9 nitrogen and oxygen atoms in total. The molecule has 1 amide bonds. The van der Waals surface area contributed by atoms with E-state index in [2.05, 4.69) is 23.8 Å². The van der Waals surface area contributed by atoms with Crippen LogP contribution in [0.1, 0.15) is 64.5 Å². The number of nitrogens with two attached hydrogens (primary N) is 1.